The lowest BCUT2D eigenvalue weighted by Gasteiger charge is -2.18. The first-order chi connectivity index (χ1) is 9.24. The van der Waals surface area contributed by atoms with E-state index >= 15 is 0 Å². The summed E-state index contributed by atoms with van der Waals surface area (Å²) >= 11 is 0. The van der Waals surface area contributed by atoms with Crippen LogP contribution >= 0.6 is 0 Å². The Hall–Kier alpha value is -1.63. The third-order valence-corrected chi connectivity index (χ3v) is 3.30. The van der Waals surface area contributed by atoms with Crippen LogP contribution in [0.25, 0.3) is 0 Å². The van der Waals surface area contributed by atoms with Gasteiger partial charge in [0.2, 0.25) is 11.9 Å². The maximum absolute atomic E-state index is 11.8. The first kappa shape index (κ1) is 13.8. The Bertz CT molecular complexity index is 397. The van der Waals surface area contributed by atoms with Gasteiger partial charge in [0.25, 0.3) is 0 Å². The van der Waals surface area contributed by atoms with Gasteiger partial charge in [-0.3, -0.25) is 14.8 Å². The van der Waals surface area contributed by atoms with Crippen molar-refractivity contribution < 1.29 is 4.79 Å². The molecule has 1 fully saturated rings. The van der Waals surface area contributed by atoms with Gasteiger partial charge < -0.3 is 11.1 Å². The maximum atomic E-state index is 11.8. The third kappa shape index (κ3) is 4.86. The van der Waals surface area contributed by atoms with Crippen LogP contribution in [0.4, 0.5) is 5.95 Å². The number of nitrogens with two attached hydrogens (primary N) is 1. The van der Waals surface area contributed by atoms with E-state index in [0.717, 1.165) is 13.1 Å². The summed E-state index contributed by atoms with van der Waals surface area (Å²) in [6, 6.07) is 0. The number of H-pyrrole nitrogens is 1. The number of aromatic amines is 1. The topological polar surface area (TPSA) is 99.9 Å². The van der Waals surface area contributed by atoms with Gasteiger partial charge in [0.1, 0.15) is 5.82 Å². The van der Waals surface area contributed by atoms with Crippen molar-refractivity contribution in [3.8, 4) is 0 Å². The number of rotatable bonds is 5. The fourth-order valence-corrected chi connectivity index (χ4v) is 2.30. The van der Waals surface area contributed by atoms with Crippen molar-refractivity contribution in [2.75, 3.05) is 31.9 Å². The van der Waals surface area contributed by atoms with Crippen molar-refractivity contribution in [3.05, 3.63) is 5.82 Å². The van der Waals surface area contributed by atoms with E-state index in [9.17, 15) is 4.79 Å². The van der Waals surface area contributed by atoms with E-state index in [4.69, 9.17) is 5.73 Å². The first-order valence-corrected chi connectivity index (χ1v) is 6.90. The van der Waals surface area contributed by atoms with E-state index in [0.29, 0.717) is 25.3 Å². The quantitative estimate of drug-likeness (QED) is 0.692. The molecule has 0 spiro atoms. The van der Waals surface area contributed by atoms with E-state index in [1.165, 1.54) is 25.7 Å². The normalized spacial score (nSPS) is 17.1. The molecule has 106 valence electrons. The molecule has 0 saturated carbocycles. The lowest BCUT2D eigenvalue weighted by molar-refractivity contribution is -0.122. The Morgan fingerprint density at radius 2 is 2.05 bits per heavy atom. The van der Waals surface area contributed by atoms with E-state index in [-0.39, 0.29) is 11.9 Å². The highest BCUT2D eigenvalue weighted by molar-refractivity contribution is 5.77. The Kier molecular flexibility index (Phi) is 5.14. The number of likely N-dealkylation sites (tertiary alicyclic amines) is 1. The predicted octanol–water partition coefficient (Wildman–Crippen LogP) is -0.0784. The fraction of sp³-hybridized carbons (Fsp3) is 0.750. The Labute approximate surface area is 113 Å². The van der Waals surface area contributed by atoms with Gasteiger partial charge in [-0.1, -0.05) is 12.8 Å². The zero-order valence-corrected chi connectivity index (χ0v) is 11.2. The van der Waals surface area contributed by atoms with E-state index in [2.05, 4.69) is 25.4 Å². The molecular weight excluding hydrogens is 244 g/mol. The van der Waals surface area contributed by atoms with Crippen molar-refractivity contribution in [1.29, 1.82) is 0 Å². The van der Waals surface area contributed by atoms with E-state index < -0.39 is 0 Å². The molecule has 1 saturated heterocycles. The highest BCUT2D eigenvalue weighted by Gasteiger charge is 2.12. The zero-order valence-electron chi connectivity index (χ0n) is 11.2. The number of nitrogens with one attached hydrogen (secondary N) is 2. The fourth-order valence-electron chi connectivity index (χ4n) is 2.30. The molecule has 4 N–H and O–H groups in total. The zero-order chi connectivity index (χ0) is 13.5. The molecule has 0 aliphatic carbocycles. The van der Waals surface area contributed by atoms with Gasteiger partial charge in [0.05, 0.1) is 6.54 Å². The van der Waals surface area contributed by atoms with Crippen LogP contribution in [0.2, 0.25) is 0 Å². The summed E-state index contributed by atoms with van der Waals surface area (Å²) in [7, 11) is 0. The second-order valence-corrected chi connectivity index (χ2v) is 4.93. The van der Waals surface area contributed by atoms with Gasteiger partial charge in [-0.15, -0.1) is 5.10 Å². The summed E-state index contributed by atoms with van der Waals surface area (Å²) in [5.74, 6) is 1.02. The van der Waals surface area contributed by atoms with Gasteiger partial charge >= 0.3 is 0 Å². The highest BCUT2D eigenvalue weighted by atomic mass is 16.2. The number of amides is 1. The molecule has 2 rings (SSSR count). The Morgan fingerprint density at radius 3 is 2.68 bits per heavy atom. The first-order valence-electron chi connectivity index (χ1n) is 6.90. The third-order valence-electron chi connectivity index (χ3n) is 3.30. The van der Waals surface area contributed by atoms with Crippen LogP contribution in [-0.2, 0) is 11.2 Å². The number of nitrogens with zero attached hydrogens (tertiary/aromatic N) is 3. The standard InChI is InChI=1S/C12H22N6O/c13-12-15-10(16-17-12)5-6-14-11(19)9-18-7-3-1-2-4-8-18/h1-9H2,(H,14,19)(H3,13,15,16,17). The van der Waals surface area contributed by atoms with Crippen molar-refractivity contribution >= 4 is 11.9 Å². The molecule has 0 radical (unpaired) electrons. The van der Waals surface area contributed by atoms with Crippen LogP contribution in [0, 0.1) is 0 Å². The average molecular weight is 266 g/mol. The molecule has 7 nitrogen and oxygen atoms in total. The van der Waals surface area contributed by atoms with Gasteiger partial charge in [-0.2, -0.15) is 4.98 Å². The summed E-state index contributed by atoms with van der Waals surface area (Å²) in [6.45, 7) is 3.12. The predicted molar refractivity (Wildman–Crippen MR) is 72.4 cm³/mol. The van der Waals surface area contributed by atoms with Crippen LogP contribution in [0.1, 0.15) is 31.5 Å². The maximum Gasteiger partial charge on any atom is 0.239 e. The Morgan fingerprint density at radius 1 is 1.32 bits per heavy atom. The number of nitrogen functional groups attached to an aromatic ring is 1. The molecule has 0 aromatic carbocycles. The smallest absolute Gasteiger partial charge is 0.239 e. The van der Waals surface area contributed by atoms with E-state index in [1.54, 1.807) is 0 Å². The highest BCUT2D eigenvalue weighted by Crippen LogP contribution is 2.08. The van der Waals surface area contributed by atoms with Gasteiger partial charge in [0.15, 0.2) is 0 Å². The minimum atomic E-state index is 0.0781. The molecular formula is C12H22N6O. The summed E-state index contributed by atoms with van der Waals surface area (Å²) < 4.78 is 0. The minimum Gasteiger partial charge on any atom is -0.367 e. The van der Waals surface area contributed by atoms with Crippen LogP contribution < -0.4 is 11.1 Å². The summed E-state index contributed by atoms with van der Waals surface area (Å²) in [4.78, 5) is 18.0. The number of carbonyl (C=O) groups excluding carboxylic acids is 1. The number of aromatic nitrogens is 3. The molecule has 1 amide bonds. The van der Waals surface area contributed by atoms with Crippen LogP contribution in [0.3, 0.4) is 0 Å². The number of hydrogen-bond donors (Lipinski definition) is 3. The van der Waals surface area contributed by atoms with E-state index in [1.807, 2.05) is 0 Å². The second kappa shape index (κ2) is 7.08. The van der Waals surface area contributed by atoms with Crippen LogP contribution in [0.5, 0.6) is 0 Å². The van der Waals surface area contributed by atoms with Crippen molar-refractivity contribution in [1.82, 2.24) is 25.4 Å². The number of hydrogen-bond acceptors (Lipinski definition) is 5. The Balaban J connectivity index is 1.63. The van der Waals surface area contributed by atoms with Crippen molar-refractivity contribution in [2.24, 2.45) is 0 Å². The van der Waals surface area contributed by atoms with Gasteiger partial charge in [-0.25, -0.2) is 0 Å². The molecule has 7 heteroatoms. The molecule has 2 heterocycles. The largest absolute Gasteiger partial charge is 0.367 e. The molecule has 19 heavy (non-hydrogen) atoms. The van der Waals surface area contributed by atoms with Crippen LogP contribution in [-0.4, -0.2) is 52.2 Å². The molecule has 0 atom stereocenters. The van der Waals surface area contributed by atoms with Crippen LogP contribution in [0.15, 0.2) is 0 Å². The van der Waals surface area contributed by atoms with Crippen molar-refractivity contribution in [2.45, 2.75) is 32.1 Å². The minimum absolute atomic E-state index is 0.0781. The molecule has 1 aromatic rings. The molecule has 1 aromatic heterocycles. The monoisotopic (exact) mass is 266 g/mol. The number of carbonyl (C=O) groups is 1. The SMILES string of the molecule is Nc1n[nH]c(CCNC(=O)CN2CCCCCC2)n1. The summed E-state index contributed by atoms with van der Waals surface area (Å²) in [6.07, 6.45) is 5.58. The molecule has 0 unspecified atom stereocenters. The number of anilines is 1. The lowest BCUT2D eigenvalue weighted by atomic mass is 10.2. The molecule has 1 aliphatic rings. The molecule has 1 aliphatic heterocycles. The second-order valence-electron chi connectivity index (χ2n) is 4.93. The van der Waals surface area contributed by atoms with Crippen molar-refractivity contribution in [3.63, 3.8) is 0 Å². The van der Waals surface area contributed by atoms with Gasteiger partial charge in [0, 0.05) is 13.0 Å². The van der Waals surface area contributed by atoms with Gasteiger partial charge in [-0.05, 0) is 25.9 Å². The lowest BCUT2D eigenvalue weighted by Crippen LogP contribution is -2.38. The molecule has 0 bridgehead atoms. The average Bonchev–Trinajstić information content (AvgIpc) is 2.63. The summed E-state index contributed by atoms with van der Waals surface area (Å²) in [5, 5.41) is 9.36. The summed E-state index contributed by atoms with van der Waals surface area (Å²) in [5.41, 5.74) is 5.40.